The maximum Gasteiger partial charge on any atom is 0.436 e. The van der Waals surface area contributed by atoms with Crippen molar-refractivity contribution in [2.45, 2.75) is 13.1 Å². The molecule has 0 spiro atoms. The van der Waals surface area contributed by atoms with Gasteiger partial charge in [0.15, 0.2) is 5.69 Å². The summed E-state index contributed by atoms with van der Waals surface area (Å²) in [5.74, 6) is -0.779. The van der Waals surface area contributed by atoms with E-state index in [1.165, 1.54) is 0 Å². The third-order valence-corrected chi connectivity index (χ3v) is 0.986. The minimum Gasteiger partial charge on any atom is -0.318 e. The van der Waals surface area contributed by atoms with E-state index in [9.17, 15) is 18.0 Å². The molecule has 5 nitrogen and oxygen atoms in total. The fourth-order valence-electron chi connectivity index (χ4n) is 0.555. The van der Waals surface area contributed by atoms with E-state index in [2.05, 4.69) is 15.1 Å². The molecule has 0 atom stereocenters. The van der Waals surface area contributed by atoms with Crippen LogP contribution in [0.15, 0.2) is 6.20 Å². The van der Waals surface area contributed by atoms with Crippen LogP contribution >= 0.6 is 0 Å². The molecule has 8 heteroatoms. The molecule has 13 heavy (non-hydrogen) atoms. The Balaban J connectivity index is 2.81. The van der Waals surface area contributed by atoms with Gasteiger partial charge < -0.3 is 4.84 Å². The van der Waals surface area contributed by atoms with Crippen LogP contribution in [-0.4, -0.2) is 21.1 Å². The minimum absolute atomic E-state index is 0.352. The zero-order valence-corrected chi connectivity index (χ0v) is 6.37. The third-order valence-electron chi connectivity index (χ3n) is 0.986. The van der Waals surface area contributed by atoms with Gasteiger partial charge in [-0.1, -0.05) is 4.85 Å². The number of alkyl halides is 3. The van der Waals surface area contributed by atoms with Crippen LogP contribution in [0.3, 0.4) is 0 Å². The first kappa shape index (κ1) is 9.49. The molecule has 72 valence electrons. The normalized spacial score (nSPS) is 11.4. The van der Waals surface area contributed by atoms with Crippen LogP contribution in [0.5, 0.6) is 0 Å². The summed E-state index contributed by atoms with van der Waals surface area (Å²) in [5, 5.41) is 5.68. The highest BCUT2D eigenvalue weighted by atomic mass is 19.4. The summed E-state index contributed by atoms with van der Waals surface area (Å²) >= 11 is 0. The summed E-state index contributed by atoms with van der Waals surface area (Å²) in [4.78, 5) is 14.8. The van der Waals surface area contributed by atoms with Crippen molar-refractivity contribution in [3.05, 3.63) is 11.9 Å². The van der Waals surface area contributed by atoms with E-state index in [4.69, 9.17) is 0 Å². The van der Waals surface area contributed by atoms with Crippen LogP contribution in [0, 0.1) is 0 Å². The van der Waals surface area contributed by atoms with Crippen LogP contribution in [0.1, 0.15) is 12.6 Å². The van der Waals surface area contributed by atoms with Crippen LogP contribution in [0.4, 0.5) is 13.2 Å². The highest BCUT2D eigenvalue weighted by Crippen LogP contribution is 2.26. The first-order chi connectivity index (χ1) is 5.89. The zero-order valence-electron chi connectivity index (χ0n) is 6.37. The lowest BCUT2D eigenvalue weighted by molar-refractivity contribution is -0.145. The number of halogens is 3. The SMILES string of the molecule is CC(=O)On1cc(C(F)(F)F)nn1. The van der Waals surface area contributed by atoms with Gasteiger partial charge in [0.05, 0.1) is 0 Å². The van der Waals surface area contributed by atoms with E-state index in [-0.39, 0.29) is 0 Å². The Bertz CT molecular complexity index is 319. The number of rotatable bonds is 1. The molecule has 0 aromatic carbocycles. The van der Waals surface area contributed by atoms with E-state index in [0.29, 0.717) is 11.0 Å². The number of hydrogen-bond donors (Lipinski definition) is 0. The van der Waals surface area contributed by atoms with Gasteiger partial charge in [-0.05, 0) is 5.21 Å². The van der Waals surface area contributed by atoms with Gasteiger partial charge >= 0.3 is 12.1 Å². The van der Waals surface area contributed by atoms with Crippen LogP contribution < -0.4 is 4.84 Å². The molecule has 0 saturated carbocycles. The summed E-state index contributed by atoms with van der Waals surface area (Å²) in [6, 6.07) is 0. The molecule has 0 N–H and O–H groups in total. The Morgan fingerprint density at radius 1 is 1.62 bits per heavy atom. The van der Waals surface area contributed by atoms with E-state index in [1.54, 1.807) is 0 Å². The Morgan fingerprint density at radius 2 is 2.23 bits per heavy atom. The second-order valence-corrected chi connectivity index (χ2v) is 2.09. The van der Waals surface area contributed by atoms with Crippen molar-refractivity contribution in [3.8, 4) is 0 Å². The van der Waals surface area contributed by atoms with Crippen molar-refractivity contribution in [1.29, 1.82) is 0 Å². The lowest BCUT2D eigenvalue weighted by Crippen LogP contribution is -2.17. The summed E-state index contributed by atoms with van der Waals surface area (Å²) in [7, 11) is 0. The third kappa shape index (κ3) is 2.42. The quantitative estimate of drug-likeness (QED) is 0.603. The van der Waals surface area contributed by atoms with Gasteiger partial charge in [-0.2, -0.15) is 13.2 Å². The molecule has 1 aromatic rings. The maximum atomic E-state index is 11.9. The minimum atomic E-state index is -4.58. The first-order valence-corrected chi connectivity index (χ1v) is 3.08. The molecule has 1 rings (SSSR count). The smallest absolute Gasteiger partial charge is 0.318 e. The van der Waals surface area contributed by atoms with Crippen LogP contribution in [0.2, 0.25) is 0 Å². The second-order valence-electron chi connectivity index (χ2n) is 2.09. The van der Waals surface area contributed by atoms with Crippen LogP contribution in [0.25, 0.3) is 0 Å². The number of hydrogen-bond acceptors (Lipinski definition) is 4. The van der Waals surface area contributed by atoms with E-state index in [1.807, 2.05) is 0 Å². The molecule has 1 heterocycles. The summed E-state index contributed by atoms with van der Waals surface area (Å²) < 4.78 is 35.6. The summed E-state index contributed by atoms with van der Waals surface area (Å²) in [5.41, 5.74) is -1.21. The number of nitrogens with zero attached hydrogens (tertiary/aromatic N) is 3. The van der Waals surface area contributed by atoms with Gasteiger partial charge in [0, 0.05) is 6.92 Å². The molecule has 0 saturated heterocycles. The molecule has 0 bridgehead atoms. The summed E-state index contributed by atoms with van der Waals surface area (Å²) in [6.45, 7) is 1.04. The van der Waals surface area contributed by atoms with E-state index in [0.717, 1.165) is 6.92 Å². The number of carbonyl (C=O) groups is 1. The zero-order chi connectivity index (χ0) is 10.1. The molecular formula is C5H4F3N3O2. The van der Waals surface area contributed by atoms with Crippen LogP contribution in [-0.2, 0) is 11.0 Å². The fourth-order valence-corrected chi connectivity index (χ4v) is 0.555. The Morgan fingerprint density at radius 3 is 2.62 bits per heavy atom. The van der Waals surface area contributed by atoms with E-state index < -0.39 is 17.8 Å². The van der Waals surface area contributed by atoms with Crippen molar-refractivity contribution in [3.63, 3.8) is 0 Å². The second kappa shape index (κ2) is 3.04. The lowest BCUT2D eigenvalue weighted by Gasteiger charge is -1.98. The lowest BCUT2D eigenvalue weighted by atomic mass is 10.5. The number of aromatic nitrogens is 3. The average Bonchev–Trinajstić information content (AvgIpc) is 2.32. The van der Waals surface area contributed by atoms with Crippen molar-refractivity contribution < 1.29 is 22.8 Å². The van der Waals surface area contributed by atoms with Gasteiger partial charge in [-0.15, -0.1) is 5.10 Å². The van der Waals surface area contributed by atoms with Gasteiger partial charge in [-0.25, -0.2) is 4.79 Å². The molecule has 0 aliphatic rings. The monoisotopic (exact) mass is 195 g/mol. The van der Waals surface area contributed by atoms with Crippen molar-refractivity contribution in [2.24, 2.45) is 0 Å². The van der Waals surface area contributed by atoms with Gasteiger partial charge in [0.2, 0.25) is 0 Å². The number of carbonyl (C=O) groups excluding carboxylic acids is 1. The molecule has 0 aliphatic heterocycles. The molecular weight excluding hydrogens is 191 g/mol. The Labute approximate surface area is 70.0 Å². The first-order valence-electron chi connectivity index (χ1n) is 3.08. The fraction of sp³-hybridized carbons (Fsp3) is 0.400. The topological polar surface area (TPSA) is 57.0 Å². The van der Waals surface area contributed by atoms with Crippen molar-refractivity contribution in [2.75, 3.05) is 0 Å². The Hall–Kier alpha value is -1.60. The molecule has 0 aliphatic carbocycles. The largest absolute Gasteiger partial charge is 0.436 e. The van der Waals surface area contributed by atoms with Gasteiger partial charge in [-0.3, -0.25) is 0 Å². The van der Waals surface area contributed by atoms with Crippen molar-refractivity contribution in [1.82, 2.24) is 15.2 Å². The van der Waals surface area contributed by atoms with Gasteiger partial charge in [0.1, 0.15) is 6.20 Å². The van der Waals surface area contributed by atoms with E-state index >= 15 is 0 Å². The highest BCUT2D eigenvalue weighted by molar-refractivity contribution is 5.66. The molecule has 0 fully saturated rings. The van der Waals surface area contributed by atoms with Crippen molar-refractivity contribution >= 4 is 5.97 Å². The average molecular weight is 195 g/mol. The molecule has 0 amide bonds. The predicted octanol–water partition coefficient (Wildman–Crippen LogP) is 0.272. The standard InChI is InChI=1S/C5H4F3N3O2/c1-3(12)13-11-2-4(9-10-11)5(6,7)8/h2H,1H3. The maximum absolute atomic E-state index is 11.9. The predicted molar refractivity (Wildman–Crippen MR) is 32.3 cm³/mol. The molecule has 0 radical (unpaired) electrons. The highest BCUT2D eigenvalue weighted by Gasteiger charge is 2.34. The van der Waals surface area contributed by atoms with Gasteiger partial charge in [0.25, 0.3) is 0 Å². The molecule has 1 aromatic heterocycles. The Kier molecular flexibility index (Phi) is 2.22. The molecule has 0 unspecified atom stereocenters. The summed E-state index contributed by atoms with van der Waals surface area (Å²) in [6.07, 6.45) is -4.11.